The van der Waals surface area contributed by atoms with Crippen LogP contribution < -0.4 is 5.32 Å². The van der Waals surface area contributed by atoms with Gasteiger partial charge in [0, 0.05) is 27.9 Å². The maximum atomic E-state index is 13.1. The second-order valence-corrected chi connectivity index (χ2v) is 10.0. The van der Waals surface area contributed by atoms with E-state index in [0.717, 1.165) is 11.1 Å². The number of carbonyl (C=O) groups is 2. The van der Waals surface area contributed by atoms with E-state index in [9.17, 15) is 9.59 Å². The highest BCUT2D eigenvalue weighted by Gasteiger charge is 2.28. The van der Waals surface area contributed by atoms with Crippen molar-refractivity contribution in [2.24, 2.45) is 0 Å². The summed E-state index contributed by atoms with van der Waals surface area (Å²) in [5.74, 6) is 0.693. The molecule has 0 saturated heterocycles. The highest BCUT2D eigenvalue weighted by Crippen LogP contribution is 2.19. The van der Waals surface area contributed by atoms with Gasteiger partial charge in [-0.15, -0.1) is 11.8 Å². The zero-order valence-electron chi connectivity index (χ0n) is 17.7. The number of nitrogens with one attached hydrogen (secondary N) is 1. The van der Waals surface area contributed by atoms with Crippen LogP contribution in [-0.2, 0) is 21.9 Å². The lowest BCUT2D eigenvalue weighted by Crippen LogP contribution is -2.52. The first-order valence-corrected chi connectivity index (χ1v) is 11.6. The fraction of sp³-hybridized carbons (Fsp3) is 0.391. The van der Waals surface area contributed by atoms with Gasteiger partial charge in [0.05, 0.1) is 5.75 Å². The molecule has 162 valence electrons. The topological polar surface area (TPSA) is 49.4 Å². The monoisotopic (exact) mass is 466 g/mol. The minimum absolute atomic E-state index is 0.0921. The van der Waals surface area contributed by atoms with Crippen LogP contribution in [0.2, 0.25) is 10.0 Å². The Kier molecular flexibility index (Phi) is 9.08. The van der Waals surface area contributed by atoms with Gasteiger partial charge in [-0.05, 0) is 63.1 Å². The molecule has 2 aromatic carbocycles. The van der Waals surface area contributed by atoms with Crippen molar-refractivity contribution in [3.63, 3.8) is 0 Å². The average molecular weight is 467 g/mol. The van der Waals surface area contributed by atoms with Crippen molar-refractivity contribution in [3.05, 3.63) is 69.7 Å². The van der Waals surface area contributed by atoms with Crippen molar-refractivity contribution >= 4 is 46.8 Å². The molecular formula is C23H28Cl2N2O2S. The van der Waals surface area contributed by atoms with Gasteiger partial charge in [-0.1, -0.05) is 47.5 Å². The van der Waals surface area contributed by atoms with Crippen LogP contribution in [0.15, 0.2) is 48.5 Å². The van der Waals surface area contributed by atoms with Crippen LogP contribution in [0.25, 0.3) is 0 Å². The van der Waals surface area contributed by atoms with Crippen LogP contribution in [0.5, 0.6) is 0 Å². The van der Waals surface area contributed by atoms with Crippen LogP contribution in [-0.4, -0.2) is 34.0 Å². The molecule has 0 radical (unpaired) electrons. The molecule has 0 bridgehead atoms. The van der Waals surface area contributed by atoms with Crippen molar-refractivity contribution in [3.8, 4) is 0 Å². The molecule has 0 fully saturated rings. The third-order valence-corrected chi connectivity index (χ3v) is 5.79. The average Bonchev–Trinajstić information content (AvgIpc) is 2.65. The number of nitrogens with zero attached hydrogens (tertiary/aromatic N) is 1. The summed E-state index contributed by atoms with van der Waals surface area (Å²) >= 11 is 13.5. The summed E-state index contributed by atoms with van der Waals surface area (Å²) in [6.07, 6.45) is 0. The summed E-state index contributed by atoms with van der Waals surface area (Å²) in [6.45, 7) is 7.83. The van der Waals surface area contributed by atoms with Crippen LogP contribution in [0, 0.1) is 0 Å². The second kappa shape index (κ2) is 11.1. The van der Waals surface area contributed by atoms with Crippen LogP contribution in [0.4, 0.5) is 0 Å². The molecule has 4 nitrogen and oxygen atoms in total. The fourth-order valence-electron chi connectivity index (χ4n) is 2.81. The first-order valence-electron chi connectivity index (χ1n) is 9.73. The third-order valence-electron chi connectivity index (χ3n) is 4.31. The Morgan fingerprint density at radius 1 is 1.03 bits per heavy atom. The van der Waals surface area contributed by atoms with Gasteiger partial charge in [-0.25, -0.2) is 0 Å². The Morgan fingerprint density at radius 3 is 2.30 bits per heavy atom. The Balaban J connectivity index is 2.09. The van der Waals surface area contributed by atoms with Crippen molar-refractivity contribution in [2.45, 2.75) is 51.6 Å². The standard InChI is InChI=1S/C23H28Cl2N2O2S/c1-16(22(29)26-23(2,3)4)27(13-18-6-5-7-20(25)12-18)21(28)15-30-14-17-8-10-19(24)11-9-17/h5-12,16H,13-15H2,1-4H3,(H,26,29). The number of benzene rings is 2. The maximum absolute atomic E-state index is 13.1. The summed E-state index contributed by atoms with van der Waals surface area (Å²) in [5, 5.41) is 4.25. The van der Waals surface area contributed by atoms with Crippen molar-refractivity contribution < 1.29 is 9.59 Å². The van der Waals surface area contributed by atoms with E-state index in [0.29, 0.717) is 22.3 Å². The van der Waals surface area contributed by atoms with E-state index < -0.39 is 6.04 Å². The third kappa shape index (κ3) is 8.21. The van der Waals surface area contributed by atoms with Crippen LogP contribution >= 0.6 is 35.0 Å². The number of thioether (sulfide) groups is 1. The van der Waals surface area contributed by atoms with E-state index in [2.05, 4.69) is 5.32 Å². The zero-order valence-corrected chi connectivity index (χ0v) is 20.1. The molecule has 2 rings (SSSR count). The summed E-state index contributed by atoms with van der Waals surface area (Å²) in [5.41, 5.74) is 1.60. The Morgan fingerprint density at radius 2 is 1.70 bits per heavy atom. The first-order chi connectivity index (χ1) is 14.0. The lowest BCUT2D eigenvalue weighted by molar-refractivity contribution is -0.139. The first kappa shape index (κ1) is 24.6. The van der Waals surface area contributed by atoms with E-state index >= 15 is 0 Å². The van der Waals surface area contributed by atoms with Crippen LogP contribution in [0.3, 0.4) is 0 Å². The summed E-state index contributed by atoms with van der Waals surface area (Å²) in [6, 6.07) is 14.3. The van der Waals surface area contributed by atoms with E-state index in [1.165, 1.54) is 11.8 Å². The normalized spacial score (nSPS) is 12.3. The van der Waals surface area contributed by atoms with Crippen LogP contribution in [0.1, 0.15) is 38.8 Å². The van der Waals surface area contributed by atoms with E-state index in [1.807, 2.05) is 63.2 Å². The molecule has 0 saturated carbocycles. The molecule has 0 aliphatic carbocycles. The van der Waals surface area contributed by atoms with E-state index in [4.69, 9.17) is 23.2 Å². The quantitative estimate of drug-likeness (QED) is 0.553. The highest BCUT2D eigenvalue weighted by molar-refractivity contribution is 7.99. The maximum Gasteiger partial charge on any atom is 0.242 e. The fourth-order valence-corrected chi connectivity index (χ4v) is 4.02. The number of carbonyl (C=O) groups excluding carboxylic acids is 2. The largest absolute Gasteiger partial charge is 0.350 e. The second-order valence-electron chi connectivity index (χ2n) is 8.19. The minimum Gasteiger partial charge on any atom is -0.350 e. The lowest BCUT2D eigenvalue weighted by atomic mass is 10.1. The molecule has 1 N–H and O–H groups in total. The number of amides is 2. The number of hydrogen-bond acceptors (Lipinski definition) is 3. The minimum atomic E-state index is -0.605. The molecule has 2 amide bonds. The van der Waals surface area contributed by atoms with Gasteiger partial charge in [-0.2, -0.15) is 0 Å². The van der Waals surface area contributed by atoms with Gasteiger partial charge in [0.1, 0.15) is 6.04 Å². The molecular weight excluding hydrogens is 439 g/mol. The lowest BCUT2D eigenvalue weighted by Gasteiger charge is -2.31. The molecule has 7 heteroatoms. The molecule has 0 aliphatic heterocycles. The van der Waals surface area contributed by atoms with Gasteiger partial charge in [-0.3, -0.25) is 9.59 Å². The SMILES string of the molecule is CC(C(=O)NC(C)(C)C)N(Cc1cccc(Cl)c1)C(=O)CSCc1ccc(Cl)cc1. The summed E-state index contributed by atoms with van der Waals surface area (Å²) in [4.78, 5) is 27.4. The summed E-state index contributed by atoms with van der Waals surface area (Å²) < 4.78 is 0. The van der Waals surface area contributed by atoms with Crippen molar-refractivity contribution in [1.82, 2.24) is 10.2 Å². The Hall–Kier alpha value is -1.69. The van der Waals surface area contributed by atoms with Gasteiger partial charge in [0.15, 0.2) is 0 Å². The number of rotatable bonds is 8. The molecule has 0 heterocycles. The predicted octanol–water partition coefficient (Wildman–Crippen LogP) is 5.56. The van der Waals surface area contributed by atoms with Gasteiger partial charge >= 0.3 is 0 Å². The molecule has 1 unspecified atom stereocenters. The molecule has 0 aromatic heterocycles. The van der Waals surface area contributed by atoms with Gasteiger partial charge in [0.25, 0.3) is 0 Å². The smallest absolute Gasteiger partial charge is 0.242 e. The number of halogens is 2. The molecule has 0 spiro atoms. The zero-order chi connectivity index (χ0) is 22.3. The molecule has 1 atom stereocenters. The number of hydrogen-bond donors (Lipinski definition) is 1. The van der Waals surface area contributed by atoms with E-state index in [-0.39, 0.29) is 23.1 Å². The van der Waals surface area contributed by atoms with Crippen molar-refractivity contribution in [2.75, 3.05) is 5.75 Å². The van der Waals surface area contributed by atoms with Gasteiger partial charge < -0.3 is 10.2 Å². The predicted molar refractivity (Wildman–Crippen MR) is 127 cm³/mol. The Bertz CT molecular complexity index is 866. The molecule has 30 heavy (non-hydrogen) atoms. The van der Waals surface area contributed by atoms with Gasteiger partial charge in [0.2, 0.25) is 11.8 Å². The molecule has 2 aromatic rings. The Labute approximate surface area is 193 Å². The highest BCUT2D eigenvalue weighted by atomic mass is 35.5. The molecule has 0 aliphatic rings. The summed E-state index contributed by atoms with van der Waals surface area (Å²) in [7, 11) is 0. The van der Waals surface area contributed by atoms with Crippen molar-refractivity contribution in [1.29, 1.82) is 0 Å². The van der Waals surface area contributed by atoms with E-state index in [1.54, 1.807) is 17.9 Å².